The van der Waals surface area contributed by atoms with Gasteiger partial charge in [0.1, 0.15) is 0 Å². The predicted molar refractivity (Wildman–Crippen MR) is 76.4 cm³/mol. The highest BCUT2D eigenvalue weighted by atomic mass is 16.1. The van der Waals surface area contributed by atoms with Crippen LogP contribution in [0.2, 0.25) is 0 Å². The molecule has 3 nitrogen and oxygen atoms in total. The van der Waals surface area contributed by atoms with Crippen LogP contribution >= 0.6 is 0 Å². The predicted octanol–water partition coefficient (Wildman–Crippen LogP) is 2.81. The normalized spacial score (nSPS) is 12.5. The number of carbonyl (C=O) groups is 1. The van der Waals surface area contributed by atoms with Crippen LogP contribution in [0.3, 0.4) is 0 Å². The van der Waals surface area contributed by atoms with Crippen molar-refractivity contribution in [3.05, 3.63) is 29.8 Å². The van der Waals surface area contributed by atoms with Gasteiger partial charge in [0.15, 0.2) is 0 Å². The van der Waals surface area contributed by atoms with Crippen molar-refractivity contribution < 1.29 is 4.79 Å². The first-order chi connectivity index (χ1) is 8.58. The number of hydrogen-bond acceptors (Lipinski definition) is 2. The van der Waals surface area contributed by atoms with Crippen molar-refractivity contribution >= 4 is 11.6 Å². The number of carbonyl (C=O) groups excluding carboxylic acids is 1. The van der Waals surface area contributed by atoms with Crippen molar-refractivity contribution in [3.8, 4) is 0 Å². The summed E-state index contributed by atoms with van der Waals surface area (Å²) in [6.07, 6.45) is 2.21. The van der Waals surface area contributed by atoms with Crippen LogP contribution in [0, 0.1) is 11.8 Å². The summed E-state index contributed by atoms with van der Waals surface area (Å²) in [5, 5.41) is 2.92. The van der Waals surface area contributed by atoms with E-state index in [0.717, 1.165) is 18.5 Å². The van der Waals surface area contributed by atoms with Gasteiger partial charge in [-0.1, -0.05) is 39.3 Å². The Morgan fingerprint density at radius 1 is 1.28 bits per heavy atom. The van der Waals surface area contributed by atoms with E-state index < -0.39 is 0 Å². The third kappa shape index (κ3) is 4.15. The molecule has 1 amide bonds. The zero-order chi connectivity index (χ0) is 13.5. The molecule has 100 valence electrons. The lowest BCUT2D eigenvalue weighted by Crippen LogP contribution is -2.33. The molecule has 0 saturated carbocycles. The zero-order valence-electron chi connectivity index (χ0n) is 11.6. The largest absolute Gasteiger partial charge is 0.330 e. The van der Waals surface area contributed by atoms with Gasteiger partial charge in [0.05, 0.1) is 5.92 Å². The molecule has 3 heteroatoms. The second-order valence-electron chi connectivity index (χ2n) is 5.02. The van der Waals surface area contributed by atoms with Gasteiger partial charge < -0.3 is 11.1 Å². The fraction of sp³-hybridized carbons (Fsp3) is 0.533. The molecule has 0 aliphatic rings. The molecule has 0 saturated heterocycles. The fourth-order valence-corrected chi connectivity index (χ4v) is 1.96. The van der Waals surface area contributed by atoms with Gasteiger partial charge in [-0.3, -0.25) is 4.79 Å². The van der Waals surface area contributed by atoms with E-state index in [4.69, 9.17) is 5.73 Å². The van der Waals surface area contributed by atoms with Gasteiger partial charge in [-0.15, -0.1) is 0 Å². The molecule has 0 bridgehead atoms. The topological polar surface area (TPSA) is 55.1 Å². The van der Waals surface area contributed by atoms with E-state index >= 15 is 0 Å². The average Bonchev–Trinajstić information content (AvgIpc) is 2.32. The van der Waals surface area contributed by atoms with Crippen LogP contribution in [0.4, 0.5) is 5.69 Å². The van der Waals surface area contributed by atoms with E-state index in [0.29, 0.717) is 6.54 Å². The fourth-order valence-electron chi connectivity index (χ4n) is 1.96. The van der Waals surface area contributed by atoms with Gasteiger partial charge in [-0.25, -0.2) is 0 Å². The molecule has 0 aromatic heterocycles. The van der Waals surface area contributed by atoms with Gasteiger partial charge in [0, 0.05) is 12.2 Å². The molecule has 0 heterocycles. The second-order valence-corrected chi connectivity index (χ2v) is 5.02. The Bertz CT molecular complexity index is 371. The first kappa shape index (κ1) is 14.7. The highest BCUT2D eigenvalue weighted by Crippen LogP contribution is 2.15. The van der Waals surface area contributed by atoms with E-state index in [1.54, 1.807) is 0 Å². The average molecular weight is 248 g/mol. The smallest absolute Gasteiger partial charge is 0.229 e. The molecular weight excluding hydrogens is 224 g/mol. The maximum Gasteiger partial charge on any atom is 0.229 e. The Morgan fingerprint density at radius 2 is 1.89 bits per heavy atom. The maximum absolute atomic E-state index is 12.0. The molecule has 0 spiro atoms. The Labute approximate surface area is 110 Å². The summed E-state index contributed by atoms with van der Waals surface area (Å²) in [6.45, 7) is 6.57. The minimum absolute atomic E-state index is 0.00995. The van der Waals surface area contributed by atoms with Crippen molar-refractivity contribution in [2.24, 2.45) is 17.6 Å². The minimum atomic E-state index is -0.125. The quantitative estimate of drug-likeness (QED) is 0.813. The Kier molecular flexibility index (Phi) is 5.86. The second kappa shape index (κ2) is 7.17. The third-order valence-electron chi connectivity index (χ3n) is 3.16. The number of benzene rings is 1. The molecular formula is C15H24N2O. The van der Waals surface area contributed by atoms with Gasteiger partial charge in [0.25, 0.3) is 0 Å². The molecule has 0 aliphatic heterocycles. The number of anilines is 1. The number of rotatable bonds is 6. The lowest BCUT2D eigenvalue weighted by Gasteiger charge is -2.18. The van der Waals surface area contributed by atoms with Crippen molar-refractivity contribution in [2.75, 3.05) is 11.9 Å². The van der Waals surface area contributed by atoms with Gasteiger partial charge >= 0.3 is 0 Å². The molecule has 1 atom stereocenters. The molecule has 0 radical (unpaired) electrons. The van der Waals surface area contributed by atoms with Crippen LogP contribution < -0.4 is 11.1 Å². The van der Waals surface area contributed by atoms with Crippen molar-refractivity contribution in [1.82, 2.24) is 0 Å². The lowest BCUT2D eigenvalue weighted by molar-refractivity contribution is -0.120. The Balaban J connectivity index is 2.64. The van der Waals surface area contributed by atoms with Crippen molar-refractivity contribution in [1.29, 1.82) is 0 Å². The number of nitrogens with one attached hydrogen (secondary N) is 1. The third-order valence-corrected chi connectivity index (χ3v) is 3.16. The van der Waals surface area contributed by atoms with Crippen LogP contribution in [-0.2, 0) is 11.2 Å². The lowest BCUT2D eigenvalue weighted by atomic mass is 9.95. The van der Waals surface area contributed by atoms with Crippen LogP contribution in [0.5, 0.6) is 0 Å². The molecule has 0 aliphatic carbocycles. The number of amides is 1. The molecule has 0 fully saturated rings. The molecule has 18 heavy (non-hydrogen) atoms. The van der Waals surface area contributed by atoms with Gasteiger partial charge in [-0.2, -0.15) is 0 Å². The van der Waals surface area contributed by atoms with Crippen LogP contribution in [-0.4, -0.2) is 12.5 Å². The number of hydrogen-bond donors (Lipinski definition) is 2. The summed E-state index contributed by atoms with van der Waals surface area (Å²) in [6, 6.07) is 8.03. The molecule has 1 rings (SSSR count). The summed E-state index contributed by atoms with van der Waals surface area (Å²) in [7, 11) is 0. The number of aryl methyl sites for hydroxylation is 1. The van der Waals surface area contributed by atoms with E-state index in [1.165, 1.54) is 5.56 Å². The summed E-state index contributed by atoms with van der Waals surface area (Å²) >= 11 is 0. The minimum Gasteiger partial charge on any atom is -0.330 e. The van der Waals surface area contributed by atoms with Crippen molar-refractivity contribution in [3.63, 3.8) is 0 Å². The highest BCUT2D eigenvalue weighted by molar-refractivity contribution is 5.92. The molecule has 1 aromatic carbocycles. The highest BCUT2D eigenvalue weighted by Gasteiger charge is 2.20. The zero-order valence-corrected chi connectivity index (χ0v) is 11.6. The SMILES string of the molecule is CCCc1ccc(NC(=O)C(CN)C(C)C)cc1. The van der Waals surface area contributed by atoms with Crippen LogP contribution in [0.15, 0.2) is 24.3 Å². The monoisotopic (exact) mass is 248 g/mol. The summed E-state index contributed by atoms with van der Waals surface area (Å²) in [4.78, 5) is 12.0. The van der Waals surface area contributed by atoms with Gasteiger partial charge in [-0.05, 0) is 30.0 Å². The Morgan fingerprint density at radius 3 is 2.33 bits per heavy atom. The molecule has 1 unspecified atom stereocenters. The standard InChI is InChI=1S/C15H24N2O/c1-4-5-12-6-8-13(9-7-12)17-15(18)14(10-16)11(2)3/h6-9,11,14H,4-5,10,16H2,1-3H3,(H,17,18). The van der Waals surface area contributed by atoms with E-state index in [2.05, 4.69) is 24.4 Å². The molecule has 3 N–H and O–H groups in total. The Hall–Kier alpha value is -1.35. The van der Waals surface area contributed by atoms with E-state index in [9.17, 15) is 4.79 Å². The van der Waals surface area contributed by atoms with Crippen molar-refractivity contribution in [2.45, 2.75) is 33.6 Å². The van der Waals surface area contributed by atoms with Crippen LogP contribution in [0.1, 0.15) is 32.8 Å². The van der Waals surface area contributed by atoms with Crippen LogP contribution in [0.25, 0.3) is 0 Å². The summed E-state index contributed by atoms with van der Waals surface area (Å²) in [5.74, 6) is 0.144. The van der Waals surface area contributed by atoms with E-state index in [-0.39, 0.29) is 17.7 Å². The first-order valence-corrected chi connectivity index (χ1v) is 6.68. The first-order valence-electron chi connectivity index (χ1n) is 6.68. The summed E-state index contributed by atoms with van der Waals surface area (Å²) < 4.78 is 0. The maximum atomic E-state index is 12.0. The van der Waals surface area contributed by atoms with Gasteiger partial charge in [0.2, 0.25) is 5.91 Å². The van der Waals surface area contributed by atoms with E-state index in [1.807, 2.05) is 26.0 Å². The molecule has 1 aromatic rings. The summed E-state index contributed by atoms with van der Waals surface area (Å²) in [5.41, 5.74) is 7.78. The number of nitrogens with two attached hydrogens (primary N) is 1.